The molecule has 16 heavy (non-hydrogen) atoms. The van der Waals surface area contributed by atoms with Gasteiger partial charge in [-0.3, -0.25) is 4.79 Å². The lowest BCUT2D eigenvalue weighted by Crippen LogP contribution is -2.26. The Hall–Kier alpha value is -0.900. The number of hydrogen-bond donors (Lipinski definition) is 1. The van der Waals surface area contributed by atoms with E-state index < -0.39 is 0 Å². The number of aryl methyl sites for hydroxylation is 1. The van der Waals surface area contributed by atoms with Gasteiger partial charge in [0.1, 0.15) is 0 Å². The largest absolute Gasteiger partial charge is 0.383 e. The summed E-state index contributed by atoms with van der Waals surface area (Å²) in [4.78, 5) is 11.7. The number of ketones is 1. The quantitative estimate of drug-likeness (QED) is 0.612. The summed E-state index contributed by atoms with van der Waals surface area (Å²) in [6.07, 6.45) is 0. The minimum Gasteiger partial charge on any atom is -0.383 e. The van der Waals surface area contributed by atoms with Crippen molar-refractivity contribution in [2.45, 2.75) is 6.92 Å². The Balaban J connectivity index is 2.50. The zero-order chi connectivity index (χ0) is 12.0. The van der Waals surface area contributed by atoms with Gasteiger partial charge in [-0.05, 0) is 18.6 Å². The van der Waals surface area contributed by atoms with Crippen molar-refractivity contribution in [3.05, 3.63) is 34.3 Å². The lowest BCUT2D eigenvalue weighted by molar-refractivity contribution is 0.0987. The fraction of sp³-hybridized carbons (Fsp3) is 0.417. The van der Waals surface area contributed by atoms with Gasteiger partial charge in [-0.15, -0.1) is 0 Å². The van der Waals surface area contributed by atoms with Crippen LogP contribution in [0.3, 0.4) is 0 Å². The van der Waals surface area contributed by atoms with E-state index in [4.69, 9.17) is 16.3 Å². The molecule has 0 heterocycles. The monoisotopic (exact) mass is 241 g/mol. The lowest BCUT2D eigenvalue weighted by atomic mass is 10.1. The molecule has 1 N–H and O–H groups in total. The Labute approximate surface area is 101 Å². The van der Waals surface area contributed by atoms with E-state index in [0.29, 0.717) is 30.3 Å². The Morgan fingerprint density at radius 3 is 2.88 bits per heavy atom. The van der Waals surface area contributed by atoms with Gasteiger partial charge in [-0.1, -0.05) is 23.7 Å². The molecule has 1 rings (SSSR count). The van der Waals surface area contributed by atoms with Gasteiger partial charge in [0.15, 0.2) is 5.78 Å². The maximum Gasteiger partial charge on any atom is 0.176 e. The third kappa shape index (κ3) is 3.93. The lowest BCUT2D eigenvalue weighted by Gasteiger charge is -2.05. The summed E-state index contributed by atoms with van der Waals surface area (Å²) in [6, 6.07) is 5.35. The van der Waals surface area contributed by atoms with Gasteiger partial charge in [-0.25, -0.2) is 0 Å². The standard InChI is InChI=1S/C12H16ClNO2/c1-9-3-4-10(7-11(9)13)12(15)8-14-5-6-16-2/h3-4,7,14H,5-6,8H2,1-2H3. The minimum atomic E-state index is 0.0398. The Morgan fingerprint density at radius 2 is 2.25 bits per heavy atom. The number of halogens is 1. The summed E-state index contributed by atoms with van der Waals surface area (Å²) in [6.45, 7) is 3.49. The highest BCUT2D eigenvalue weighted by Crippen LogP contribution is 2.16. The van der Waals surface area contributed by atoms with Gasteiger partial charge in [0.2, 0.25) is 0 Å². The molecule has 0 unspecified atom stereocenters. The number of carbonyl (C=O) groups is 1. The molecule has 1 aromatic carbocycles. The first kappa shape index (κ1) is 13.2. The zero-order valence-corrected chi connectivity index (χ0v) is 10.3. The first-order chi connectivity index (χ1) is 7.65. The second kappa shape index (κ2) is 6.63. The van der Waals surface area contributed by atoms with Crippen LogP contribution in [0.5, 0.6) is 0 Å². The topological polar surface area (TPSA) is 38.3 Å². The second-order valence-corrected chi connectivity index (χ2v) is 3.96. The fourth-order valence-corrected chi connectivity index (χ4v) is 1.43. The van der Waals surface area contributed by atoms with Crippen molar-refractivity contribution in [3.63, 3.8) is 0 Å². The van der Waals surface area contributed by atoms with Crippen LogP contribution in [0.4, 0.5) is 0 Å². The molecule has 0 aliphatic rings. The Bertz CT molecular complexity index is 366. The normalized spacial score (nSPS) is 10.4. The molecule has 1 aromatic rings. The summed E-state index contributed by atoms with van der Waals surface area (Å²) >= 11 is 5.95. The van der Waals surface area contributed by atoms with Crippen molar-refractivity contribution in [1.82, 2.24) is 5.32 Å². The molecule has 3 nitrogen and oxygen atoms in total. The molecule has 0 fully saturated rings. The average Bonchev–Trinajstić information content (AvgIpc) is 2.28. The van der Waals surface area contributed by atoms with Crippen LogP contribution in [0, 0.1) is 6.92 Å². The molecule has 0 saturated carbocycles. The zero-order valence-electron chi connectivity index (χ0n) is 9.55. The van der Waals surface area contributed by atoms with Crippen molar-refractivity contribution in [1.29, 1.82) is 0 Å². The molecule has 0 bridgehead atoms. The summed E-state index contributed by atoms with van der Waals surface area (Å²) in [7, 11) is 1.63. The van der Waals surface area contributed by atoms with E-state index >= 15 is 0 Å². The van der Waals surface area contributed by atoms with Gasteiger partial charge in [0.05, 0.1) is 13.2 Å². The van der Waals surface area contributed by atoms with Crippen molar-refractivity contribution in [2.75, 3.05) is 26.8 Å². The van der Waals surface area contributed by atoms with Crippen LogP contribution in [-0.4, -0.2) is 32.6 Å². The number of carbonyl (C=O) groups excluding carboxylic acids is 1. The number of ether oxygens (including phenoxy) is 1. The number of benzene rings is 1. The van der Waals surface area contributed by atoms with Crippen molar-refractivity contribution < 1.29 is 9.53 Å². The summed E-state index contributed by atoms with van der Waals surface area (Å²) < 4.78 is 4.87. The first-order valence-electron chi connectivity index (χ1n) is 5.14. The Kier molecular flexibility index (Phi) is 5.46. The SMILES string of the molecule is COCCNCC(=O)c1ccc(C)c(Cl)c1. The van der Waals surface area contributed by atoms with E-state index in [9.17, 15) is 4.79 Å². The molecule has 0 aromatic heterocycles. The van der Waals surface area contributed by atoms with E-state index in [1.165, 1.54) is 0 Å². The predicted molar refractivity (Wildman–Crippen MR) is 65.3 cm³/mol. The van der Waals surface area contributed by atoms with E-state index in [-0.39, 0.29) is 5.78 Å². The van der Waals surface area contributed by atoms with Crippen LogP contribution >= 0.6 is 11.6 Å². The molecule has 0 aliphatic heterocycles. The van der Waals surface area contributed by atoms with E-state index in [0.717, 1.165) is 5.56 Å². The molecule has 0 radical (unpaired) electrons. The van der Waals surface area contributed by atoms with E-state index in [1.54, 1.807) is 19.2 Å². The smallest absolute Gasteiger partial charge is 0.176 e. The average molecular weight is 242 g/mol. The number of hydrogen-bond acceptors (Lipinski definition) is 3. The fourth-order valence-electron chi connectivity index (χ4n) is 1.24. The van der Waals surface area contributed by atoms with Crippen molar-refractivity contribution >= 4 is 17.4 Å². The highest BCUT2D eigenvalue weighted by Gasteiger charge is 2.06. The minimum absolute atomic E-state index is 0.0398. The van der Waals surface area contributed by atoms with Gasteiger partial charge in [0, 0.05) is 24.2 Å². The van der Waals surface area contributed by atoms with Gasteiger partial charge in [-0.2, -0.15) is 0 Å². The van der Waals surface area contributed by atoms with Crippen molar-refractivity contribution in [2.24, 2.45) is 0 Å². The van der Waals surface area contributed by atoms with Gasteiger partial charge in [0.25, 0.3) is 0 Å². The molecule has 0 atom stereocenters. The van der Waals surface area contributed by atoms with E-state index in [1.807, 2.05) is 13.0 Å². The van der Waals surface area contributed by atoms with Crippen LogP contribution < -0.4 is 5.32 Å². The van der Waals surface area contributed by atoms with Crippen molar-refractivity contribution in [3.8, 4) is 0 Å². The summed E-state index contributed by atoms with van der Waals surface area (Å²) in [5.41, 5.74) is 1.62. The Morgan fingerprint density at radius 1 is 1.50 bits per heavy atom. The summed E-state index contributed by atoms with van der Waals surface area (Å²) in [5, 5.41) is 3.63. The van der Waals surface area contributed by atoms with Crippen LogP contribution in [0.15, 0.2) is 18.2 Å². The van der Waals surface area contributed by atoms with Gasteiger partial charge >= 0.3 is 0 Å². The predicted octanol–water partition coefficient (Wildman–Crippen LogP) is 2.07. The molecule has 88 valence electrons. The second-order valence-electron chi connectivity index (χ2n) is 3.56. The molecular weight excluding hydrogens is 226 g/mol. The maximum atomic E-state index is 11.7. The number of Topliss-reactive ketones (excluding diaryl/α,β-unsaturated/α-hetero) is 1. The maximum absolute atomic E-state index is 11.7. The van der Waals surface area contributed by atoms with Crippen LogP contribution in [0.1, 0.15) is 15.9 Å². The molecular formula is C12H16ClNO2. The molecule has 0 spiro atoms. The molecule has 0 amide bonds. The van der Waals surface area contributed by atoms with Crippen LogP contribution in [0.25, 0.3) is 0 Å². The highest BCUT2D eigenvalue weighted by atomic mass is 35.5. The summed E-state index contributed by atoms with van der Waals surface area (Å²) in [5.74, 6) is 0.0398. The third-order valence-corrected chi connectivity index (χ3v) is 2.67. The van der Waals surface area contributed by atoms with E-state index in [2.05, 4.69) is 5.32 Å². The number of rotatable bonds is 6. The van der Waals surface area contributed by atoms with Gasteiger partial charge < -0.3 is 10.1 Å². The van der Waals surface area contributed by atoms with Crippen LogP contribution in [-0.2, 0) is 4.74 Å². The molecule has 0 saturated heterocycles. The third-order valence-electron chi connectivity index (χ3n) is 2.26. The number of methoxy groups -OCH3 is 1. The molecule has 0 aliphatic carbocycles. The highest BCUT2D eigenvalue weighted by molar-refractivity contribution is 6.31. The first-order valence-corrected chi connectivity index (χ1v) is 5.52. The van der Waals surface area contributed by atoms with Crippen LogP contribution in [0.2, 0.25) is 5.02 Å². The molecule has 4 heteroatoms. The number of nitrogens with one attached hydrogen (secondary N) is 1.